The molecule has 122 valence electrons. The van der Waals surface area contributed by atoms with E-state index in [1.807, 2.05) is 25.1 Å². The number of hydrogen-bond donors (Lipinski definition) is 1. The van der Waals surface area contributed by atoms with Crippen LogP contribution in [0.25, 0.3) is 6.08 Å². The van der Waals surface area contributed by atoms with Gasteiger partial charge in [-0.05, 0) is 37.5 Å². The topological polar surface area (TPSA) is 55.8 Å². The standard InChI is InChI=1S/C18H26O4/c1-4-7-10-21-16-13-14(9-6-3)12-15(18(19)20)17(16)22-11-8-5-2/h6,9,12-13H,4-5,7-8,10-11H2,1-3H3,(H,19,20)/b9-6+. The second kappa shape index (κ2) is 9.87. The number of hydrogen-bond acceptors (Lipinski definition) is 3. The third-order valence-electron chi connectivity index (χ3n) is 3.17. The Morgan fingerprint density at radius 2 is 1.77 bits per heavy atom. The minimum Gasteiger partial charge on any atom is -0.490 e. The number of allylic oxidation sites excluding steroid dienone is 1. The van der Waals surface area contributed by atoms with Gasteiger partial charge in [-0.2, -0.15) is 0 Å². The number of aromatic carboxylic acids is 1. The lowest BCUT2D eigenvalue weighted by Gasteiger charge is -2.16. The van der Waals surface area contributed by atoms with Crippen LogP contribution >= 0.6 is 0 Å². The molecule has 0 spiro atoms. The van der Waals surface area contributed by atoms with Crippen molar-refractivity contribution in [2.24, 2.45) is 0 Å². The predicted molar refractivity (Wildman–Crippen MR) is 88.9 cm³/mol. The molecule has 1 aromatic carbocycles. The van der Waals surface area contributed by atoms with E-state index >= 15 is 0 Å². The van der Waals surface area contributed by atoms with Crippen LogP contribution in [-0.4, -0.2) is 24.3 Å². The first-order chi connectivity index (χ1) is 10.6. The van der Waals surface area contributed by atoms with E-state index in [0.29, 0.717) is 24.7 Å². The summed E-state index contributed by atoms with van der Waals surface area (Å²) in [5.74, 6) is -0.152. The Bertz CT molecular complexity index is 506. The molecule has 1 N–H and O–H groups in total. The van der Waals surface area contributed by atoms with Crippen LogP contribution in [-0.2, 0) is 0 Å². The van der Waals surface area contributed by atoms with E-state index in [2.05, 4.69) is 13.8 Å². The maximum Gasteiger partial charge on any atom is 0.339 e. The van der Waals surface area contributed by atoms with Crippen LogP contribution < -0.4 is 9.47 Å². The van der Waals surface area contributed by atoms with Crippen molar-refractivity contribution in [3.05, 3.63) is 29.3 Å². The van der Waals surface area contributed by atoms with Gasteiger partial charge in [0.1, 0.15) is 5.56 Å². The van der Waals surface area contributed by atoms with Crippen molar-refractivity contribution in [3.63, 3.8) is 0 Å². The molecule has 0 amide bonds. The molecule has 0 aliphatic carbocycles. The molecule has 0 unspecified atom stereocenters. The Hall–Kier alpha value is -1.97. The fourth-order valence-corrected chi connectivity index (χ4v) is 1.97. The van der Waals surface area contributed by atoms with E-state index in [1.165, 1.54) is 0 Å². The van der Waals surface area contributed by atoms with Crippen LogP contribution in [0.4, 0.5) is 0 Å². The molecule has 0 heterocycles. The summed E-state index contributed by atoms with van der Waals surface area (Å²) < 4.78 is 11.5. The monoisotopic (exact) mass is 306 g/mol. The zero-order chi connectivity index (χ0) is 16.4. The molecule has 1 rings (SSSR count). The fraction of sp³-hybridized carbons (Fsp3) is 0.500. The zero-order valence-corrected chi connectivity index (χ0v) is 13.7. The molecule has 0 radical (unpaired) electrons. The van der Waals surface area contributed by atoms with Gasteiger partial charge in [0, 0.05) is 0 Å². The van der Waals surface area contributed by atoms with Gasteiger partial charge >= 0.3 is 5.97 Å². The lowest BCUT2D eigenvalue weighted by molar-refractivity contribution is 0.0691. The molecule has 0 aromatic heterocycles. The van der Waals surface area contributed by atoms with Gasteiger partial charge in [-0.25, -0.2) is 4.79 Å². The smallest absolute Gasteiger partial charge is 0.339 e. The quantitative estimate of drug-likeness (QED) is 0.632. The maximum absolute atomic E-state index is 11.5. The van der Waals surface area contributed by atoms with Crippen LogP contribution in [0.15, 0.2) is 18.2 Å². The van der Waals surface area contributed by atoms with Gasteiger partial charge in [0.15, 0.2) is 11.5 Å². The SMILES string of the molecule is C/C=C/c1cc(OCCCC)c(OCCCC)c(C(=O)O)c1. The molecule has 0 saturated carbocycles. The average molecular weight is 306 g/mol. The summed E-state index contributed by atoms with van der Waals surface area (Å²) in [6.45, 7) is 7.09. The molecule has 4 heteroatoms. The average Bonchev–Trinajstić information content (AvgIpc) is 2.49. The predicted octanol–water partition coefficient (Wildman–Crippen LogP) is 4.78. The Labute approximate surface area is 132 Å². The second-order valence-electron chi connectivity index (χ2n) is 5.10. The van der Waals surface area contributed by atoms with E-state index < -0.39 is 5.97 Å². The molecule has 0 aliphatic rings. The van der Waals surface area contributed by atoms with Gasteiger partial charge in [-0.15, -0.1) is 0 Å². The van der Waals surface area contributed by atoms with Gasteiger partial charge < -0.3 is 14.6 Å². The Kier molecular flexibility index (Phi) is 8.11. The molecular weight excluding hydrogens is 280 g/mol. The van der Waals surface area contributed by atoms with Crippen LogP contribution in [0.3, 0.4) is 0 Å². The number of rotatable bonds is 10. The van der Waals surface area contributed by atoms with Crippen molar-refractivity contribution in [1.29, 1.82) is 0 Å². The number of carboxylic acid groups (broad SMARTS) is 1. The largest absolute Gasteiger partial charge is 0.490 e. The molecule has 0 fully saturated rings. The van der Waals surface area contributed by atoms with E-state index in [9.17, 15) is 9.90 Å². The highest BCUT2D eigenvalue weighted by Gasteiger charge is 2.18. The fourth-order valence-electron chi connectivity index (χ4n) is 1.97. The minimum atomic E-state index is -1.00. The van der Waals surface area contributed by atoms with Crippen molar-refractivity contribution >= 4 is 12.0 Å². The summed E-state index contributed by atoms with van der Waals surface area (Å²) in [5.41, 5.74) is 0.951. The number of unbranched alkanes of at least 4 members (excludes halogenated alkanes) is 2. The lowest BCUT2D eigenvalue weighted by Crippen LogP contribution is -2.08. The van der Waals surface area contributed by atoms with Crippen molar-refractivity contribution in [2.45, 2.75) is 46.5 Å². The first-order valence-electron chi connectivity index (χ1n) is 7.93. The van der Waals surface area contributed by atoms with Crippen molar-refractivity contribution < 1.29 is 19.4 Å². The van der Waals surface area contributed by atoms with Crippen LogP contribution in [0.1, 0.15) is 62.4 Å². The van der Waals surface area contributed by atoms with Crippen molar-refractivity contribution in [3.8, 4) is 11.5 Å². The second-order valence-corrected chi connectivity index (χ2v) is 5.10. The number of carboxylic acids is 1. The summed E-state index contributed by atoms with van der Waals surface area (Å²) >= 11 is 0. The number of carbonyl (C=O) groups is 1. The minimum absolute atomic E-state index is 0.151. The number of ether oxygens (including phenoxy) is 2. The molecule has 0 atom stereocenters. The number of benzene rings is 1. The summed E-state index contributed by atoms with van der Waals surface area (Å²) in [5, 5.41) is 9.45. The van der Waals surface area contributed by atoms with Gasteiger partial charge in [-0.3, -0.25) is 0 Å². The van der Waals surface area contributed by atoms with Crippen molar-refractivity contribution in [2.75, 3.05) is 13.2 Å². The highest BCUT2D eigenvalue weighted by molar-refractivity contribution is 5.93. The van der Waals surface area contributed by atoms with Gasteiger partial charge in [0.2, 0.25) is 0 Å². The van der Waals surface area contributed by atoms with Crippen LogP contribution in [0.5, 0.6) is 11.5 Å². The summed E-state index contributed by atoms with van der Waals surface area (Å²) in [6.07, 6.45) is 7.54. The normalized spacial score (nSPS) is 10.9. The molecule has 1 aromatic rings. The third-order valence-corrected chi connectivity index (χ3v) is 3.17. The van der Waals surface area contributed by atoms with E-state index in [-0.39, 0.29) is 5.56 Å². The van der Waals surface area contributed by atoms with Crippen LogP contribution in [0.2, 0.25) is 0 Å². The molecular formula is C18H26O4. The zero-order valence-electron chi connectivity index (χ0n) is 13.7. The lowest BCUT2D eigenvalue weighted by atomic mass is 10.1. The highest BCUT2D eigenvalue weighted by Crippen LogP contribution is 2.34. The molecule has 0 aliphatic heterocycles. The van der Waals surface area contributed by atoms with Gasteiger partial charge in [-0.1, -0.05) is 38.8 Å². The summed E-state index contributed by atoms with van der Waals surface area (Å²) in [4.78, 5) is 11.5. The maximum atomic E-state index is 11.5. The Morgan fingerprint density at radius 3 is 2.32 bits per heavy atom. The molecule has 0 bridgehead atoms. The molecule has 0 saturated heterocycles. The summed E-state index contributed by atoms with van der Waals surface area (Å²) in [6, 6.07) is 3.46. The van der Waals surface area contributed by atoms with Gasteiger partial charge in [0.25, 0.3) is 0 Å². The van der Waals surface area contributed by atoms with Gasteiger partial charge in [0.05, 0.1) is 13.2 Å². The highest BCUT2D eigenvalue weighted by atomic mass is 16.5. The van der Waals surface area contributed by atoms with E-state index in [0.717, 1.165) is 31.2 Å². The summed E-state index contributed by atoms with van der Waals surface area (Å²) in [7, 11) is 0. The molecule has 4 nitrogen and oxygen atoms in total. The first kappa shape index (κ1) is 18.1. The third kappa shape index (κ3) is 5.43. The first-order valence-corrected chi connectivity index (χ1v) is 7.93. The van der Waals surface area contributed by atoms with Crippen molar-refractivity contribution in [1.82, 2.24) is 0 Å². The molecule has 22 heavy (non-hydrogen) atoms. The van der Waals surface area contributed by atoms with Crippen LogP contribution in [0, 0.1) is 0 Å². The van der Waals surface area contributed by atoms with E-state index in [4.69, 9.17) is 9.47 Å². The Morgan fingerprint density at radius 1 is 1.14 bits per heavy atom. The van der Waals surface area contributed by atoms with E-state index in [1.54, 1.807) is 6.07 Å². The Balaban J connectivity index is 3.16.